The molecule has 2 aliphatic rings. The van der Waals surface area contributed by atoms with E-state index in [9.17, 15) is 4.79 Å². The van der Waals surface area contributed by atoms with Crippen molar-refractivity contribution >= 4 is 5.91 Å². The minimum absolute atomic E-state index is 0.0687. The van der Waals surface area contributed by atoms with Crippen molar-refractivity contribution in [2.75, 3.05) is 21.0 Å². The standard InChI is InChI=1S/C17H15NO4/c1-18-8-11-5-10(3-4-12(11)17(18)19)13-6-15-16(22-9-21-15)7-14(13)20-2/h3-7H,8-9H2,1-2H3. The Morgan fingerprint density at radius 2 is 1.86 bits per heavy atom. The number of methoxy groups -OCH3 is 1. The minimum atomic E-state index is 0.0687. The molecule has 0 fully saturated rings. The van der Waals surface area contributed by atoms with Gasteiger partial charge in [-0.15, -0.1) is 0 Å². The molecule has 0 bridgehead atoms. The average molecular weight is 297 g/mol. The van der Waals surface area contributed by atoms with Gasteiger partial charge in [-0.1, -0.05) is 6.07 Å². The van der Waals surface area contributed by atoms with Crippen LogP contribution in [0.4, 0.5) is 0 Å². The molecule has 0 aromatic heterocycles. The minimum Gasteiger partial charge on any atom is -0.496 e. The van der Waals surface area contributed by atoms with Crippen molar-refractivity contribution in [1.82, 2.24) is 4.90 Å². The first-order valence-corrected chi connectivity index (χ1v) is 7.04. The van der Waals surface area contributed by atoms with Crippen molar-refractivity contribution in [2.45, 2.75) is 6.54 Å². The predicted molar refractivity (Wildman–Crippen MR) is 80.4 cm³/mol. The van der Waals surface area contributed by atoms with Gasteiger partial charge in [0, 0.05) is 30.8 Å². The lowest BCUT2D eigenvalue weighted by Crippen LogP contribution is -2.17. The number of carbonyl (C=O) groups excluding carboxylic acids is 1. The Morgan fingerprint density at radius 1 is 1.09 bits per heavy atom. The molecule has 1 amide bonds. The summed E-state index contributed by atoms with van der Waals surface area (Å²) in [5, 5.41) is 0. The van der Waals surface area contributed by atoms with E-state index in [0.717, 1.165) is 28.0 Å². The highest BCUT2D eigenvalue weighted by Gasteiger charge is 2.25. The normalized spacial score (nSPS) is 15.2. The monoisotopic (exact) mass is 297 g/mol. The molecule has 0 saturated heterocycles. The molecule has 0 radical (unpaired) electrons. The van der Waals surface area contributed by atoms with Gasteiger partial charge in [-0.05, 0) is 29.3 Å². The summed E-state index contributed by atoms with van der Waals surface area (Å²) in [5.41, 5.74) is 3.73. The summed E-state index contributed by atoms with van der Waals surface area (Å²) in [6.07, 6.45) is 0. The van der Waals surface area contributed by atoms with E-state index in [4.69, 9.17) is 14.2 Å². The quantitative estimate of drug-likeness (QED) is 0.855. The summed E-state index contributed by atoms with van der Waals surface area (Å²) in [6, 6.07) is 9.61. The molecule has 5 heteroatoms. The third-order valence-corrected chi connectivity index (χ3v) is 4.10. The molecule has 4 rings (SSSR count). The maximum absolute atomic E-state index is 12.0. The topological polar surface area (TPSA) is 48.0 Å². The van der Waals surface area contributed by atoms with Crippen LogP contribution < -0.4 is 14.2 Å². The van der Waals surface area contributed by atoms with Gasteiger partial charge in [0.15, 0.2) is 11.5 Å². The second kappa shape index (κ2) is 4.66. The lowest BCUT2D eigenvalue weighted by molar-refractivity contribution is 0.0816. The van der Waals surface area contributed by atoms with Gasteiger partial charge >= 0.3 is 0 Å². The van der Waals surface area contributed by atoms with Crippen LogP contribution in [0.15, 0.2) is 30.3 Å². The summed E-state index contributed by atoms with van der Waals surface area (Å²) in [5.74, 6) is 2.20. The zero-order valence-electron chi connectivity index (χ0n) is 12.4. The number of rotatable bonds is 2. The lowest BCUT2D eigenvalue weighted by atomic mass is 9.99. The van der Waals surface area contributed by atoms with Crippen molar-refractivity contribution in [3.8, 4) is 28.4 Å². The maximum Gasteiger partial charge on any atom is 0.254 e. The summed E-state index contributed by atoms with van der Waals surface area (Å²) >= 11 is 0. The maximum atomic E-state index is 12.0. The van der Waals surface area contributed by atoms with Crippen LogP contribution in [-0.2, 0) is 6.54 Å². The second-order valence-corrected chi connectivity index (χ2v) is 5.44. The van der Waals surface area contributed by atoms with E-state index < -0.39 is 0 Å². The van der Waals surface area contributed by atoms with Crippen LogP contribution in [0.1, 0.15) is 15.9 Å². The van der Waals surface area contributed by atoms with Crippen LogP contribution >= 0.6 is 0 Å². The Hall–Kier alpha value is -2.69. The van der Waals surface area contributed by atoms with Crippen LogP contribution in [0.25, 0.3) is 11.1 Å². The number of ether oxygens (including phenoxy) is 3. The molecule has 2 aliphatic heterocycles. The summed E-state index contributed by atoms with van der Waals surface area (Å²) in [7, 11) is 3.44. The molecule has 0 atom stereocenters. The molecule has 2 heterocycles. The third kappa shape index (κ3) is 1.82. The van der Waals surface area contributed by atoms with Gasteiger partial charge in [0.25, 0.3) is 5.91 Å². The molecular weight excluding hydrogens is 282 g/mol. The Kier molecular flexibility index (Phi) is 2.76. The summed E-state index contributed by atoms with van der Waals surface area (Å²) in [4.78, 5) is 13.7. The fourth-order valence-electron chi connectivity index (χ4n) is 2.95. The van der Waals surface area contributed by atoms with Crippen LogP contribution in [-0.4, -0.2) is 31.8 Å². The molecule has 2 aromatic carbocycles. The molecular formula is C17H15NO4. The number of fused-ring (bicyclic) bond motifs is 2. The van der Waals surface area contributed by atoms with Crippen LogP contribution in [0, 0.1) is 0 Å². The molecule has 0 unspecified atom stereocenters. The molecule has 2 aromatic rings. The predicted octanol–water partition coefficient (Wildman–Crippen LogP) is 2.68. The fourth-order valence-corrected chi connectivity index (χ4v) is 2.95. The van der Waals surface area contributed by atoms with E-state index >= 15 is 0 Å². The molecule has 5 nitrogen and oxygen atoms in total. The molecule has 112 valence electrons. The molecule has 0 N–H and O–H groups in total. The van der Waals surface area contributed by atoms with Crippen molar-refractivity contribution in [2.24, 2.45) is 0 Å². The zero-order chi connectivity index (χ0) is 15.3. The number of nitrogens with zero attached hydrogens (tertiary/aromatic N) is 1. The first-order valence-electron chi connectivity index (χ1n) is 7.04. The van der Waals surface area contributed by atoms with Crippen molar-refractivity contribution in [3.63, 3.8) is 0 Å². The summed E-state index contributed by atoms with van der Waals surface area (Å²) < 4.78 is 16.3. The Bertz CT molecular complexity index is 784. The zero-order valence-corrected chi connectivity index (χ0v) is 12.4. The molecule has 22 heavy (non-hydrogen) atoms. The molecule has 0 aliphatic carbocycles. The van der Waals surface area contributed by atoms with Crippen molar-refractivity contribution in [3.05, 3.63) is 41.5 Å². The Morgan fingerprint density at radius 3 is 2.64 bits per heavy atom. The molecule has 0 spiro atoms. The van der Waals surface area contributed by atoms with E-state index in [0.29, 0.717) is 18.0 Å². The lowest BCUT2D eigenvalue weighted by Gasteiger charge is -2.11. The number of amides is 1. The van der Waals surface area contributed by atoms with E-state index in [1.54, 1.807) is 12.0 Å². The fraction of sp³-hybridized carbons (Fsp3) is 0.235. The number of hydrogen-bond donors (Lipinski definition) is 0. The number of hydrogen-bond acceptors (Lipinski definition) is 4. The van der Waals surface area contributed by atoms with Gasteiger partial charge in [-0.3, -0.25) is 4.79 Å². The van der Waals surface area contributed by atoms with Gasteiger partial charge in [-0.2, -0.15) is 0 Å². The first-order chi connectivity index (χ1) is 10.7. The highest BCUT2D eigenvalue weighted by molar-refractivity contribution is 5.99. The van der Waals surface area contributed by atoms with Gasteiger partial charge in [0.2, 0.25) is 6.79 Å². The van der Waals surface area contributed by atoms with E-state index in [2.05, 4.69) is 0 Å². The Labute approximate surface area is 128 Å². The molecule has 0 saturated carbocycles. The highest BCUT2D eigenvalue weighted by Crippen LogP contribution is 2.43. The van der Waals surface area contributed by atoms with Gasteiger partial charge in [-0.25, -0.2) is 0 Å². The van der Waals surface area contributed by atoms with Crippen LogP contribution in [0.3, 0.4) is 0 Å². The second-order valence-electron chi connectivity index (χ2n) is 5.44. The van der Waals surface area contributed by atoms with Gasteiger partial charge < -0.3 is 19.1 Å². The number of carbonyl (C=O) groups is 1. The number of benzene rings is 2. The average Bonchev–Trinajstić information content (AvgIpc) is 3.10. The van der Waals surface area contributed by atoms with Crippen LogP contribution in [0.2, 0.25) is 0 Å². The van der Waals surface area contributed by atoms with Crippen LogP contribution in [0.5, 0.6) is 17.2 Å². The van der Waals surface area contributed by atoms with Gasteiger partial charge in [0.1, 0.15) is 5.75 Å². The van der Waals surface area contributed by atoms with E-state index in [1.165, 1.54) is 0 Å². The Balaban J connectivity index is 1.83. The van der Waals surface area contributed by atoms with E-state index in [-0.39, 0.29) is 12.7 Å². The first kappa shape index (κ1) is 13.0. The summed E-state index contributed by atoms with van der Waals surface area (Å²) in [6.45, 7) is 0.861. The van der Waals surface area contributed by atoms with Crippen molar-refractivity contribution in [1.29, 1.82) is 0 Å². The smallest absolute Gasteiger partial charge is 0.254 e. The highest BCUT2D eigenvalue weighted by atomic mass is 16.7. The van der Waals surface area contributed by atoms with Gasteiger partial charge in [0.05, 0.1) is 7.11 Å². The third-order valence-electron chi connectivity index (χ3n) is 4.10. The van der Waals surface area contributed by atoms with Crippen molar-refractivity contribution < 1.29 is 19.0 Å². The van der Waals surface area contributed by atoms with E-state index in [1.807, 2.05) is 37.4 Å². The largest absolute Gasteiger partial charge is 0.496 e. The SMILES string of the molecule is COc1cc2c(cc1-c1ccc3c(c1)CN(C)C3=O)OCO2.